The SMILES string of the molecule is CNC(c1cccs1)C1CCCCC1. The van der Waals surface area contributed by atoms with Crippen molar-refractivity contribution in [3.63, 3.8) is 0 Å². The smallest absolute Gasteiger partial charge is 0.0440 e. The Labute approximate surface area is 90.5 Å². The summed E-state index contributed by atoms with van der Waals surface area (Å²) in [6.45, 7) is 0. The monoisotopic (exact) mass is 209 g/mol. The minimum absolute atomic E-state index is 0.607. The van der Waals surface area contributed by atoms with Crippen LogP contribution in [0, 0.1) is 5.92 Å². The number of thiophene rings is 1. The molecule has 0 aliphatic heterocycles. The maximum Gasteiger partial charge on any atom is 0.0440 e. The number of hydrogen-bond acceptors (Lipinski definition) is 2. The summed E-state index contributed by atoms with van der Waals surface area (Å²) in [6, 6.07) is 5.03. The average molecular weight is 209 g/mol. The lowest BCUT2D eigenvalue weighted by molar-refractivity contribution is 0.284. The molecule has 1 atom stereocenters. The van der Waals surface area contributed by atoms with Gasteiger partial charge in [-0.1, -0.05) is 25.3 Å². The van der Waals surface area contributed by atoms with E-state index in [4.69, 9.17) is 0 Å². The highest BCUT2D eigenvalue weighted by atomic mass is 32.1. The van der Waals surface area contributed by atoms with Gasteiger partial charge >= 0.3 is 0 Å². The standard InChI is InChI=1S/C12H19NS/c1-13-12(11-8-5-9-14-11)10-6-3-2-4-7-10/h5,8-10,12-13H,2-4,6-7H2,1H3. The number of rotatable bonds is 3. The van der Waals surface area contributed by atoms with Gasteiger partial charge in [0, 0.05) is 10.9 Å². The zero-order chi connectivity index (χ0) is 9.80. The van der Waals surface area contributed by atoms with Crippen LogP contribution in [0.2, 0.25) is 0 Å². The van der Waals surface area contributed by atoms with Gasteiger partial charge in [0.15, 0.2) is 0 Å². The van der Waals surface area contributed by atoms with Gasteiger partial charge in [-0.05, 0) is 37.3 Å². The number of nitrogens with one attached hydrogen (secondary N) is 1. The molecule has 0 bridgehead atoms. The van der Waals surface area contributed by atoms with Gasteiger partial charge in [-0.3, -0.25) is 0 Å². The Morgan fingerprint density at radius 2 is 2.14 bits per heavy atom. The summed E-state index contributed by atoms with van der Waals surface area (Å²) >= 11 is 1.89. The molecule has 1 aromatic heterocycles. The van der Waals surface area contributed by atoms with Crippen LogP contribution in [0.1, 0.15) is 43.0 Å². The third-order valence-corrected chi connectivity index (χ3v) is 4.24. The summed E-state index contributed by atoms with van der Waals surface area (Å²) in [5.41, 5.74) is 0. The van der Waals surface area contributed by atoms with E-state index in [1.54, 1.807) is 0 Å². The Balaban J connectivity index is 2.04. The second-order valence-electron chi connectivity index (χ2n) is 4.18. The van der Waals surface area contributed by atoms with E-state index in [1.807, 2.05) is 11.3 Å². The number of hydrogen-bond donors (Lipinski definition) is 1. The van der Waals surface area contributed by atoms with Gasteiger partial charge in [0.05, 0.1) is 0 Å². The van der Waals surface area contributed by atoms with Crippen LogP contribution < -0.4 is 5.32 Å². The maximum absolute atomic E-state index is 3.48. The maximum atomic E-state index is 3.48. The first-order valence-corrected chi connectivity index (χ1v) is 6.50. The largest absolute Gasteiger partial charge is 0.312 e. The van der Waals surface area contributed by atoms with Crippen LogP contribution in [0.25, 0.3) is 0 Å². The van der Waals surface area contributed by atoms with E-state index in [1.165, 1.54) is 37.0 Å². The van der Waals surface area contributed by atoms with Crippen molar-refractivity contribution in [3.8, 4) is 0 Å². The van der Waals surface area contributed by atoms with Crippen molar-refractivity contribution in [2.45, 2.75) is 38.1 Å². The van der Waals surface area contributed by atoms with E-state index in [-0.39, 0.29) is 0 Å². The average Bonchev–Trinajstić information content (AvgIpc) is 2.74. The van der Waals surface area contributed by atoms with Gasteiger partial charge in [-0.25, -0.2) is 0 Å². The first kappa shape index (κ1) is 10.2. The van der Waals surface area contributed by atoms with Gasteiger partial charge in [-0.15, -0.1) is 11.3 Å². The van der Waals surface area contributed by atoms with Gasteiger partial charge < -0.3 is 5.32 Å². The van der Waals surface area contributed by atoms with Crippen LogP contribution >= 0.6 is 11.3 Å². The van der Waals surface area contributed by atoms with Gasteiger partial charge in [-0.2, -0.15) is 0 Å². The van der Waals surface area contributed by atoms with E-state index in [0.29, 0.717) is 6.04 Å². The molecule has 2 rings (SSSR count). The first-order chi connectivity index (χ1) is 6.92. The molecule has 0 aromatic carbocycles. The molecular formula is C12H19NS. The summed E-state index contributed by atoms with van der Waals surface area (Å²) in [7, 11) is 2.10. The molecule has 1 aliphatic carbocycles. The Morgan fingerprint density at radius 1 is 1.36 bits per heavy atom. The molecule has 14 heavy (non-hydrogen) atoms. The molecule has 0 saturated heterocycles. The van der Waals surface area contributed by atoms with Crippen molar-refractivity contribution in [2.75, 3.05) is 7.05 Å². The van der Waals surface area contributed by atoms with Crippen molar-refractivity contribution in [1.82, 2.24) is 5.32 Å². The molecule has 1 nitrogen and oxygen atoms in total. The Hall–Kier alpha value is -0.340. The molecule has 0 radical (unpaired) electrons. The molecule has 0 spiro atoms. The third kappa shape index (κ3) is 2.18. The van der Waals surface area contributed by atoms with Crippen molar-refractivity contribution in [3.05, 3.63) is 22.4 Å². The predicted octanol–water partition coefficient (Wildman–Crippen LogP) is 3.59. The Kier molecular flexibility index (Phi) is 3.60. The predicted molar refractivity (Wildman–Crippen MR) is 62.7 cm³/mol. The lowest BCUT2D eigenvalue weighted by atomic mass is 9.83. The lowest BCUT2D eigenvalue weighted by Gasteiger charge is -2.29. The summed E-state index contributed by atoms with van der Waals surface area (Å²) in [5, 5.41) is 5.67. The molecule has 1 aromatic rings. The van der Waals surface area contributed by atoms with Crippen molar-refractivity contribution in [1.29, 1.82) is 0 Å². The van der Waals surface area contributed by atoms with Crippen LogP contribution in [0.15, 0.2) is 17.5 Å². The zero-order valence-corrected chi connectivity index (χ0v) is 9.65. The highest BCUT2D eigenvalue weighted by molar-refractivity contribution is 7.10. The molecule has 0 amide bonds. The third-order valence-electron chi connectivity index (χ3n) is 3.28. The summed E-state index contributed by atoms with van der Waals surface area (Å²) in [5.74, 6) is 0.868. The summed E-state index contributed by atoms with van der Waals surface area (Å²) in [6.07, 6.45) is 7.10. The highest BCUT2D eigenvalue weighted by Gasteiger charge is 2.23. The van der Waals surface area contributed by atoms with Crippen LogP contribution in [0.5, 0.6) is 0 Å². The quantitative estimate of drug-likeness (QED) is 0.802. The molecular weight excluding hydrogens is 190 g/mol. The normalized spacial score (nSPS) is 20.9. The van der Waals surface area contributed by atoms with Crippen molar-refractivity contribution >= 4 is 11.3 Å². The van der Waals surface area contributed by atoms with E-state index in [9.17, 15) is 0 Å². The van der Waals surface area contributed by atoms with Crippen LogP contribution in [0.4, 0.5) is 0 Å². The fourth-order valence-electron chi connectivity index (χ4n) is 2.55. The Bertz CT molecular complexity index is 249. The molecule has 78 valence electrons. The van der Waals surface area contributed by atoms with Crippen LogP contribution in [0.3, 0.4) is 0 Å². The fourth-order valence-corrected chi connectivity index (χ4v) is 3.47. The molecule has 1 heterocycles. The first-order valence-electron chi connectivity index (χ1n) is 5.62. The summed E-state index contributed by atoms with van der Waals surface area (Å²) < 4.78 is 0. The highest BCUT2D eigenvalue weighted by Crippen LogP contribution is 2.35. The van der Waals surface area contributed by atoms with Crippen molar-refractivity contribution in [2.24, 2.45) is 5.92 Å². The second kappa shape index (κ2) is 4.94. The van der Waals surface area contributed by atoms with Crippen LogP contribution in [-0.2, 0) is 0 Å². The molecule has 1 aliphatic rings. The lowest BCUT2D eigenvalue weighted by Crippen LogP contribution is -2.26. The topological polar surface area (TPSA) is 12.0 Å². The minimum Gasteiger partial charge on any atom is -0.312 e. The fraction of sp³-hybridized carbons (Fsp3) is 0.667. The van der Waals surface area contributed by atoms with Crippen LogP contribution in [-0.4, -0.2) is 7.05 Å². The molecule has 1 unspecified atom stereocenters. The Morgan fingerprint density at radius 3 is 2.71 bits per heavy atom. The second-order valence-corrected chi connectivity index (χ2v) is 5.16. The zero-order valence-electron chi connectivity index (χ0n) is 8.83. The molecule has 1 saturated carbocycles. The van der Waals surface area contributed by atoms with Gasteiger partial charge in [0.25, 0.3) is 0 Å². The summed E-state index contributed by atoms with van der Waals surface area (Å²) in [4.78, 5) is 1.51. The molecule has 1 fully saturated rings. The minimum atomic E-state index is 0.607. The van der Waals surface area contributed by atoms with E-state index >= 15 is 0 Å². The van der Waals surface area contributed by atoms with Gasteiger partial charge in [0.2, 0.25) is 0 Å². The molecule has 1 N–H and O–H groups in total. The van der Waals surface area contributed by atoms with Crippen molar-refractivity contribution < 1.29 is 0 Å². The van der Waals surface area contributed by atoms with E-state index in [0.717, 1.165) is 5.92 Å². The van der Waals surface area contributed by atoms with Gasteiger partial charge in [0.1, 0.15) is 0 Å². The van der Waals surface area contributed by atoms with E-state index in [2.05, 4.69) is 29.9 Å². The van der Waals surface area contributed by atoms with E-state index < -0.39 is 0 Å². The molecule has 2 heteroatoms.